The molecule has 1 amide bonds. The van der Waals surface area contributed by atoms with Gasteiger partial charge in [-0.05, 0) is 62.4 Å². The molecular formula is C16H24N2O. The monoisotopic (exact) mass is 260 g/mol. The van der Waals surface area contributed by atoms with E-state index in [4.69, 9.17) is 0 Å². The molecule has 0 bridgehead atoms. The lowest BCUT2D eigenvalue weighted by atomic mass is 9.90. The Balaban J connectivity index is 1.91. The van der Waals surface area contributed by atoms with Crippen LogP contribution in [0, 0.1) is 19.8 Å². The second kappa shape index (κ2) is 6.20. The first-order chi connectivity index (χ1) is 9.06. The summed E-state index contributed by atoms with van der Waals surface area (Å²) in [5.74, 6) is 0.689. The molecule has 0 aromatic heterocycles. The Labute approximate surface area is 115 Å². The molecule has 0 aliphatic carbocycles. The van der Waals surface area contributed by atoms with Crippen molar-refractivity contribution in [1.29, 1.82) is 0 Å². The van der Waals surface area contributed by atoms with Gasteiger partial charge in [0.05, 0.1) is 0 Å². The maximum atomic E-state index is 12.1. The normalized spacial score (nSPS) is 23.1. The Hall–Kier alpha value is -1.35. The van der Waals surface area contributed by atoms with Crippen LogP contribution in [0.15, 0.2) is 18.2 Å². The lowest BCUT2D eigenvalue weighted by Crippen LogP contribution is -2.42. The van der Waals surface area contributed by atoms with Gasteiger partial charge in [-0.3, -0.25) is 4.79 Å². The molecule has 2 N–H and O–H groups in total. The van der Waals surface area contributed by atoms with Crippen LogP contribution in [0.3, 0.4) is 0 Å². The van der Waals surface area contributed by atoms with Crippen molar-refractivity contribution in [2.45, 2.75) is 46.1 Å². The number of amides is 1. The van der Waals surface area contributed by atoms with Crippen LogP contribution in [-0.4, -0.2) is 18.5 Å². The van der Waals surface area contributed by atoms with E-state index in [0.717, 1.165) is 12.2 Å². The minimum absolute atomic E-state index is 0.106. The maximum absolute atomic E-state index is 12.1. The van der Waals surface area contributed by atoms with Gasteiger partial charge in [0, 0.05) is 18.2 Å². The lowest BCUT2D eigenvalue weighted by molar-refractivity contribution is -0.117. The molecule has 3 nitrogen and oxygen atoms in total. The Kier molecular flexibility index (Phi) is 4.59. The minimum atomic E-state index is 0.106. The lowest BCUT2D eigenvalue weighted by Gasteiger charge is -2.29. The molecule has 1 aromatic rings. The zero-order chi connectivity index (χ0) is 13.8. The number of anilines is 1. The van der Waals surface area contributed by atoms with Gasteiger partial charge in [-0.2, -0.15) is 0 Å². The third-order valence-electron chi connectivity index (χ3n) is 4.13. The largest absolute Gasteiger partial charge is 0.326 e. The van der Waals surface area contributed by atoms with Gasteiger partial charge in [-0.25, -0.2) is 0 Å². The van der Waals surface area contributed by atoms with Crippen LogP contribution in [0.1, 0.15) is 37.3 Å². The van der Waals surface area contributed by atoms with Crippen molar-refractivity contribution in [2.24, 2.45) is 5.92 Å². The first kappa shape index (κ1) is 14.1. The van der Waals surface area contributed by atoms with Gasteiger partial charge < -0.3 is 10.6 Å². The molecule has 1 fully saturated rings. The Morgan fingerprint density at radius 3 is 2.84 bits per heavy atom. The minimum Gasteiger partial charge on any atom is -0.326 e. The fourth-order valence-corrected chi connectivity index (χ4v) is 2.62. The molecule has 1 aliphatic heterocycles. The van der Waals surface area contributed by atoms with Crippen molar-refractivity contribution in [3.05, 3.63) is 29.3 Å². The molecule has 1 saturated heterocycles. The van der Waals surface area contributed by atoms with Crippen LogP contribution in [0.4, 0.5) is 5.69 Å². The van der Waals surface area contributed by atoms with E-state index in [0.29, 0.717) is 18.4 Å². The molecule has 0 saturated carbocycles. The number of rotatable bonds is 3. The van der Waals surface area contributed by atoms with Crippen molar-refractivity contribution in [2.75, 3.05) is 11.9 Å². The molecule has 0 radical (unpaired) electrons. The average molecular weight is 260 g/mol. The Morgan fingerprint density at radius 1 is 1.37 bits per heavy atom. The van der Waals surface area contributed by atoms with Crippen LogP contribution in [-0.2, 0) is 4.79 Å². The predicted octanol–water partition coefficient (Wildman–Crippen LogP) is 3.02. The summed E-state index contributed by atoms with van der Waals surface area (Å²) in [5.41, 5.74) is 3.36. The van der Waals surface area contributed by atoms with E-state index in [2.05, 4.69) is 31.4 Å². The van der Waals surface area contributed by atoms with Crippen LogP contribution >= 0.6 is 0 Å². The quantitative estimate of drug-likeness (QED) is 0.877. The van der Waals surface area contributed by atoms with Gasteiger partial charge in [0.2, 0.25) is 5.91 Å². The molecule has 2 atom stereocenters. The second-order valence-corrected chi connectivity index (χ2v) is 5.73. The molecule has 104 valence electrons. The van der Waals surface area contributed by atoms with Crippen molar-refractivity contribution < 1.29 is 4.79 Å². The molecule has 1 aliphatic rings. The molecule has 2 rings (SSSR count). The summed E-state index contributed by atoms with van der Waals surface area (Å²) in [6.45, 7) is 7.40. The second-order valence-electron chi connectivity index (χ2n) is 5.73. The molecule has 1 aromatic carbocycles. The first-order valence-electron chi connectivity index (χ1n) is 7.17. The summed E-state index contributed by atoms with van der Waals surface area (Å²) in [7, 11) is 0. The fourth-order valence-electron chi connectivity index (χ4n) is 2.62. The van der Waals surface area contributed by atoms with Gasteiger partial charge in [-0.15, -0.1) is 0 Å². The predicted molar refractivity (Wildman–Crippen MR) is 79.4 cm³/mol. The van der Waals surface area contributed by atoms with Crippen molar-refractivity contribution >= 4 is 11.6 Å². The highest BCUT2D eigenvalue weighted by molar-refractivity contribution is 5.91. The summed E-state index contributed by atoms with van der Waals surface area (Å²) in [4.78, 5) is 12.1. The number of benzene rings is 1. The van der Waals surface area contributed by atoms with E-state index in [1.165, 1.54) is 24.0 Å². The van der Waals surface area contributed by atoms with E-state index in [1.54, 1.807) is 0 Å². The van der Waals surface area contributed by atoms with Crippen LogP contribution < -0.4 is 10.6 Å². The number of aryl methyl sites for hydroxylation is 2. The molecule has 19 heavy (non-hydrogen) atoms. The number of carbonyl (C=O) groups is 1. The Morgan fingerprint density at radius 2 is 2.16 bits per heavy atom. The van der Waals surface area contributed by atoms with E-state index < -0.39 is 0 Å². The Bertz CT molecular complexity index is 456. The molecule has 1 heterocycles. The summed E-state index contributed by atoms with van der Waals surface area (Å²) in [5, 5.41) is 6.44. The molecule has 2 unspecified atom stereocenters. The van der Waals surface area contributed by atoms with Crippen LogP contribution in [0.2, 0.25) is 0 Å². The van der Waals surface area contributed by atoms with E-state index in [-0.39, 0.29) is 5.91 Å². The summed E-state index contributed by atoms with van der Waals surface area (Å²) >= 11 is 0. The average Bonchev–Trinajstić information content (AvgIpc) is 2.37. The van der Waals surface area contributed by atoms with Crippen LogP contribution in [0.25, 0.3) is 0 Å². The maximum Gasteiger partial charge on any atom is 0.225 e. The standard InChI is InChI=1S/C16H24N2O/c1-11-6-7-14(9-13(11)3)18-16(19)10-15-12(2)5-4-8-17-15/h6-7,9,12,15,17H,4-5,8,10H2,1-3H3,(H,18,19). The van der Waals surface area contributed by atoms with Gasteiger partial charge in [0.25, 0.3) is 0 Å². The zero-order valence-corrected chi connectivity index (χ0v) is 12.1. The smallest absolute Gasteiger partial charge is 0.225 e. The SMILES string of the molecule is Cc1ccc(NC(=O)CC2NCCCC2C)cc1C. The van der Waals surface area contributed by atoms with Gasteiger partial charge >= 0.3 is 0 Å². The summed E-state index contributed by atoms with van der Waals surface area (Å²) in [6.07, 6.45) is 3.00. The van der Waals surface area contributed by atoms with Crippen molar-refractivity contribution in [3.8, 4) is 0 Å². The number of nitrogens with one attached hydrogen (secondary N) is 2. The molecular weight excluding hydrogens is 236 g/mol. The third-order valence-corrected chi connectivity index (χ3v) is 4.13. The van der Waals surface area contributed by atoms with E-state index >= 15 is 0 Å². The number of carbonyl (C=O) groups excluding carboxylic acids is 1. The third kappa shape index (κ3) is 3.80. The highest BCUT2D eigenvalue weighted by atomic mass is 16.1. The highest BCUT2D eigenvalue weighted by Gasteiger charge is 2.23. The zero-order valence-electron chi connectivity index (χ0n) is 12.1. The molecule has 0 spiro atoms. The van der Waals surface area contributed by atoms with E-state index in [1.807, 2.05) is 18.2 Å². The number of hydrogen-bond donors (Lipinski definition) is 2. The van der Waals surface area contributed by atoms with Crippen LogP contribution in [0.5, 0.6) is 0 Å². The molecule has 3 heteroatoms. The van der Waals surface area contributed by atoms with Gasteiger partial charge in [0.15, 0.2) is 0 Å². The highest BCUT2D eigenvalue weighted by Crippen LogP contribution is 2.19. The van der Waals surface area contributed by atoms with Crippen molar-refractivity contribution in [3.63, 3.8) is 0 Å². The number of piperidine rings is 1. The summed E-state index contributed by atoms with van der Waals surface area (Å²) in [6, 6.07) is 6.37. The van der Waals surface area contributed by atoms with Gasteiger partial charge in [0.1, 0.15) is 0 Å². The van der Waals surface area contributed by atoms with Crippen molar-refractivity contribution in [1.82, 2.24) is 5.32 Å². The topological polar surface area (TPSA) is 41.1 Å². The fraction of sp³-hybridized carbons (Fsp3) is 0.562. The van der Waals surface area contributed by atoms with E-state index in [9.17, 15) is 4.79 Å². The number of hydrogen-bond acceptors (Lipinski definition) is 2. The summed E-state index contributed by atoms with van der Waals surface area (Å²) < 4.78 is 0. The first-order valence-corrected chi connectivity index (χ1v) is 7.17. The van der Waals surface area contributed by atoms with Gasteiger partial charge in [-0.1, -0.05) is 13.0 Å².